The van der Waals surface area contributed by atoms with Gasteiger partial charge >= 0.3 is 5.69 Å². The third-order valence-corrected chi connectivity index (χ3v) is 5.63. The second-order valence-corrected chi connectivity index (χ2v) is 7.92. The Kier molecular flexibility index (Phi) is 4.68. The van der Waals surface area contributed by atoms with Gasteiger partial charge in [-0.25, -0.2) is 9.78 Å². The molecule has 142 valence electrons. The summed E-state index contributed by atoms with van der Waals surface area (Å²) < 4.78 is 3.26. The number of rotatable bonds is 4. The van der Waals surface area contributed by atoms with Crippen molar-refractivity contribution in [2.45, 2.75) is 30.4 Å². The second kappa shape index (κ2) is 7.16. The molecule has 28 heavy (non-hydrogen) atoms. The van der Waals surface area contributed by atoms with Crippen molar-refractivity contribution in [1.29, 1.82) is 0 Å². The molecular formula is C21H20N4O2S. The van der Waals surface area contributed by atoms with Gasteiger partial charge in [-0.15, -0.1) is 0 Å². The number of imidazole rings is 1. The molecule has 4 aromatic rings. The molecule has 1 N–H and O–H groups in total. The highest BCUT2D eigenvalue weighted by Gasteiger charge is 2.18. The van der Waals surface area contributed by atoms with Gasteiger partial charge in [0.2, 0.25) is 0 Å². The van der Waals surface area contributed by atoms with E-state index in [2.05, 4.69) is 16.0 Å². The van der Waals surface area contributed by atoms with Crippen LogP contribution in [0.3, 0.4) is 0 Å². The zero-order valence-electron chi connectivity index (χ0n) is 15.9. The first-order valence-corrected chi connectivity index (χ1v) is 9.73. The summed E-state index contributed by atoms with van der Waals surface area (Å²) in [5, 5.41) is 0.673. The highest BCUT2D eigenvalue weighted by atomic mass is 32.2. The van der Waals surface area contributed by atoms with E-state index in [1.54, 1.807) is 7.05 Å². The van der Waals surface area contributed by atoms with Crippen molar-refractivity contribution in [2.75, 3.05) is 0 Å². The van der Waals surface area contributed by atoms with Crippen LogP contribution in [-0.4, -0.2) is 19.1 Å². The Hall–Kier alpha value is -3.06. The van der Waals surface area contributed by atoms with E-state index in [-0.39, 0.29) is 0 Å². The molecule has 7 heteroatoms. The molecule has 0 aliphatic carbocycles. The predicted octanol–water partition coefficient (Wildman–Crippen LogP) is 3.24. The maximum absolute atomic E-state index is 12.6. The molecule has 0 spiro atoms. The molecule has 0 fully saturated rings. The van der Waals surface area contributed by atoms with Crippen LogP contribution in [0, 0.1) is 13.8 Å². The smallest absolute Gasteiger partial charge is 0.308 e. The summed E-state index contributed by atoms with van der Waals surface area (Å²) in [5.41, 5.74) is 3.29. The summed E-state index contributed by atoms with van der Waals surface area (Å²) >= 11 is 1.48. The standard InChI is InChI=1S/C21H20N4O2S/c1-13-7-9-16(10-8-13)28-21-22-18-17(19(26)23-20(27)24(18)3)25(21)12-15-6-4-5-14(2)11-15/h4-11H,12H2,1-3H3,(H,23,26,27). The van der Waals surface area contributed by atoms with Crippen LogP contribution in [0.5, 0.6) is 0 Å². The molecule has 6 nitrogen and oxygen atoms in total. The van der Waals surface area contributed by atoms with Gasteiger partial charge in [-0.3, -0.25) is 14.3 Å². The second-order valence-electron chi connectivity index (χ2n) is 6.88. The number of aromatic nitrogens is 4. The Morgan fingerprint density at radius 1 is 1.04 bits per heavy atom. The fourth-order valence-corrected chi connectivity index (χ4v) is 4.03. The van der Waals surface area contributed by atoms with Crippen LogP contribution in [0.1, 0.15) is 16.7 Å². The lowest BCUT2D eigenvalue weighted by atomic mass is 10.1. The summed E-state index contributed by atoms with van der Waals surface area (Å²) in [4.78, 5) is 32.7. The van der Waals surface area contributed by atoms with Gasteiger partial charge < -0.3 is 4.57 Å². The molecule has 0 aliphatic heterocycles. The number of nitrogens with zero attached hydrogens (tertiary/aromatic N) is 3. The first-order chi connectivity index (χ1) is 13.4. The van der Waals surface area contributed by atoms with Crippen LogP contribution in [0.15, 0.2) is 68.2 Å². The quantitative estimate of drug-likeness (QED) is 0.579. The minimum Gasteiger partial charge on any atom is -0.308 e. The van der Waals surface area contributed by atoms with Gasteiger partial charge in [0.15, 0.2) is 16.3 Å². The lowest BCUT2D eigenvalue weighted by Crippen LogP contribution is -2.29. The molecule has 0 radical (unpaired) electrons. The number of nitrogens with one attached hydrogen (secondary N) is 1. The zero-order valence-corrected chi connectivity index (χ0v) is 16.7. The van der Waals surface area contributed by atoms with Gasteiger partial charge in [-0.05, 0) is 31.5 Å². The Bertz CT molecular complexity index is 1280. The van der Waals surface area contributed by atoms with Crippen molar-refractivity contribution >= 4 is 22.9 Å². The zero-order chi connectivity index (χ0) is 19.8. The van der Waals surface area contributed by atoms with Gasteiger partial charge in [0.25, 0.3) is 5.56 Å². The number of aromatic amines is 1. The molecule has 0 saturated heterocycles. The average molecular weight is 392 g/mol. The van der Waals surface area contributed by atoms with Gasteiger partial charge in [-0.2, -0.15) is 0 Å². The maximum Gasteiger partial charge on any atom is 0.329 e. The van der Waals surface area contributed by atoms with Crippen molar-refractivity contribution in [1.82, 2.24) is 19.1 Å². The van der Waals surface area contributed by atoms with E-state index in [1.807, 2.05) is 60.9 Å². The third-order valence-electron chi connectivity index (χ3n) is 4.63. The highest BCUT2D eigenvalue weighted by molar-refractivity contribution is 7.99. The van der Waals surface area contributed by atoms with Crippen molar-refractivity contribution in [3.8, 4) is 0 Å². The summed E-state index contributed by atoms with van der Waals surface area (Å²) in [7, 11) is 1.62. The summed E-state index contributed by atoms with van der Waals surface area (Å²) in [6, 6.07) is 16.3. The number of hydrogen-bond acceptors (Lipinski definition) is 4. The fraction of sp³-hybridized carbons (Fsp3) is 0.190. The van der Waals surface area contributed by atoms with E-state index in [0.29, 0.717) is 22.9 Å². The van der Waals surface area contributed by atoms with Crippen LogP contribution >= 0.6 is 11.8 Å². The van der Waals surface area contributed by atoms with Gasteiger partial charge in [0, 0.05) is 11.9 Å². The lowest BCUT2D eigenvalue weighted by Gasteiger charge is -2.09. The highest BCUT2D eigenvalue weighted by Crippen LogP contribution is 2.29. The molecule has 0 aliphatic rings. The van der Waals surface area contributed by atoms with Gasteiger partial charge in [-0.1, -0.05) is 59.3 Å². The molecule has 4 rings (SSSR count). The molecular weight excluding hydrogens is 372 g/mol. The number of H-pyrrole nitrogens is 1. The molecule has 0 saturated carbocycles. The lowest BCUT2D eigenvalue weighted by molar-refractivity contribution is 0.727. The summed E-state index contributed by atoms with van der Waals surface area (Å²) in [6.45, 7) is 4.57. The van der Waals surface area contributed by atoms with Crippen LogP contribution in [0.25, 0.3) is 11.2 Å². The largest absolute Gasteiger partial charge is 0.329 e. The molecule has 0 bridgehead atoms. The van der Waals surface area contributed by atoms with Crippen molar-refractivity contribution in [3.63, 3.8) is 0 Å². The number of aryl methyl sites for hydroxylation is 3. The molecule has 2 heterocycles. The Labute approximate surface area is 165 Å². The van der Waals surface area contributed by atoms with Gasteiger partial charge in [0.05, 0.1) is 6.54 Å². The van der Waals surface area contributed by atoms with Crippen LogP contribution in [0.4, 0.5) is 0 Å². The fourth-order valence-electron chi connectivity index (χ4n) is 3.14. The summed E-state index contributed by atoms with van der Waals surface area (Å²) in [5.74, 6) is 0. The maximum atomic E-state index is 12.6. The van der Waals surface area contributed by atoms with E-state index in [4.69, 9.17) is 0 Å². The van der Waals surface area contributed by atoms with Crippen LogP contribution in [-0.2, 0) is 13.6 Å². The van der Waals surface area contributed by atoms with Crippen molar-refractivity contribution in [2.24, 2.45) is 7.05 Å². The minimum atomic E-state index is -0.468. The normalized spacial score (nSPS) is 11.2. The Morgan fingerprint density at radius 3 is 2.50 bits per heavy atom. The predicted molar refractivity (Wildman–Crippen MR) is 111 cm³/mol. The Morgan fingerprint density at radius 2 is 1.79 bits per heavy atom. The Balaban J connectivity index is 1.90. The molecule has 0 unspecified atom stereocenters. The SMILES string of the molecule is Cc1ccc(Sc2nc3c(c(=O)[nH]c(=O)n3C)n2Cc2cccc(C)c2)cc1. The monoisotopic (exact) mass is 392 g/mol. The number of benzene rings is 2. The number of fused-ring (bicyclic) bond motifs is 1. The van der Waals surface area contributed by atoms with Crippen LogP contribution in [0.2, 0.25) is 0 Å². The van der Waals surface area contributed by atoms with E-state index in [1.165, 1.54) is 21.9 Å². The third kappa shape index (κ3) is 3.41. The topological polar surface area (TPSA) is 72.7 Å². The number of hydrogen-bond donors (Lipinski definition) is 1. The first kappa shape index (κ1) is 18.3. The van der Waals surface area contributed by atoms with Gasteiger partial charge in [0.1, 0.15) is 0 Å². The minimum absolute atomic E-state index is 0.385. The molecule has 2 aromatic carbocycles. The van der Waals surface area contributed by atoms with Crippen molar-refractivity contribution in [3.05, 3.63) is 86.1 Å². The molecule has 0 atom stereocenters. The summed E-state index contributed by atoms with van der Waals surface area (Å²) in [6.07, 6.45) is 0. The van der Waals surface area contributed by atoms with E-state index in [0.717, 1.165) is 16.0 Å². The van der Waals surface area contributed by atoms with E-state index < -0.39 is 11.2 Å². The van der Waals surface area contributed by atoms with E-state index in [9.17, 15) is 9.59 Å². The first-order valence-electron chi connectivity index (χ1n) is 8.92. The van der Waals surface area contributed by atoms with Crippen molar-refractivity contribution < 1.29 is 0 Å². The molecule has 0 amide bonds. The van der Waals surface area contributed by atoms with E-state index >= 15 is 0 Å². The average Bonchev–Trinajstić information content (AvgIpc) is 3.00. The van der Waals surface area contributed by atoms with Crippen LogP contribution < -0.4 is 11.2 Å². The molecule has 2 aromatic heterocycles.